The second kappa shape index (κ2) is 9.46. The Hall–Kier alpha value is -0.570. The van der Waals surface area contributed by atoms with Crippen molar-refractivity contribution in [3.63, 3.8) is 0 Å². The van der Waals surface area contributed by atoms with E-state index in [1.165, 1.54) is 5.56 Å². The molecule has 0 aliphatic rings. The van der Waals surface area contributed by atoms with Gasteiger partial charge in [0, 0.05) is 19.2 Å². The van der Waals surface area contributed by atoms with Crippen molar-refractivity contribution in [2.75, 3.05) is 13.2 Å². The maximum atomic E-state index is 5.58. The standard InChI is InChI=1S/C14H23NO.ClH/c1-12(2)10-16-11-13(3)15-9-14-7-5-4-6-8-14;/h4-8,12-13,15H,9-11H2,1-3H3;1H. The van der Waals surface area contributed by atoms with Crippen molar-refractivity contribution in [2.45, 2.75) is 33.4 Å². The van der Waals surface area contributed by atoms with E-state index in [4.69, 9.17) is 4.74 Å². The molecule has 0 aromatic heterocycles. The molecule has 17 heavy (non-hydrogen) atoms. The van der Waals surface area contributed by atoms with Gasteiger partial charge in [-0.25, -0.2) is 0 Å². The predicted molar refractivity (Wildman–Crippen MR) is 75.6 cm³/mol. The molecule has 0 spiro atoms. The highest BCUT2D eigenvalue weighted by atomic mass is 35.5. The third kappa shape index (κ3) is 8.19. The zero-order chi connectivity index (χ0) is 11.8. The van der Waals surface area contributed by atoms with E-state index in [1.807, 2.05) is 6.07 Å². The van der Waals surface area contributed by atoms with Crippen LogP contribution >= 0.6 is 12.4 Å². The minimum absolute atomic E-state index is 0. The summed E-state index contributed by atoms with van der Waals surface area (Å²) in [7, 11) is 0. The summed E-state index contributed by atoms with van der Waals surface area (Å²) < 4.78 is 5.58. The molecule has 3 heteroatoms. The normalized spacial score (nSPS) is 12.2. The van der Waals surface area contributed by atoms with Gasteiger partial charge >= 0.3 is 0 Å². The van der Waals surface area contributed by atoms with Gasteiger partial charge < -0.3 is 10.1 Å². The third-order valence-electron chi connectivity index (χ3n) is 2.32. The summed E-state index contributed by atoms with van der Waals surface area (Å²) in [5.74, 6) is 0.612. The van der Waals surface area contributed by atoms with Gasteiger partial charge in [-0.2, -0.15) is 0 Å². The molecular weight excluding hydrogens is 234 g/mol. The van der Waals surface area contributed by atoms with Gasteiger partial charge in [0.25, 0.3) is 0 Å². The summed E-state index contributed by atoms with van der Waals surface area (Å²) in [6.07, 6.45) is 0. The Labute approximate surface area is 111 Å². The summed E-state index contributed by atoms with van der Waals surface area (Å²) in [6.45, 7) is 9.03. The highest BCUT2D eigenvalue weighted by Crippen LogP contribution is 1.99. The summed E-state index contributed by atoms with van der Waals surface area (Å²) in [5.41, 5.74) is 1.32. The molecule has 0 aliphatic heterocycles. The molecule has 1 aromatic rings. The first-order valence-corrected chi connectivity index (χ1v) is 6.03. The molecule has 0 fully saturated rings. The molecule has 2 nitrogen and oxygen atoms in total. The van der Waals surface area contributed by atoms with Gasteiger partial charge in [-0.15, -0.1) is 12.4 Å². The first-order valence-electron chi connectivity index (χ1n) is 6.03. The Kier molecular flexibility index (Phi) is 9.14. The molecule has 1 unspecified atom stereocenters. The molecular formula is C14H24ClNO. The minimum Gasteiger partial charge on any atom is -0.380 e. The van der Waals surface area contributed by atoms with Crippen LogP contribution in [-0.2, 0) is 11.3 Å². The monoisotopic (exact) mass is 257 g/mol. The summed E-state index contributed by atoms with van der Waals surface area (Å²) in [6, 6.07) is 10.8. The zero-order valence-corrected chi connectivity index (χ0v) is 11.8. The molecule has 1 rings (SSSR count). The molecule has 0 radical (unpaired) electrons. The molecule has 0 saturated heterocycles. The van der Waals surface area contributed by atoms with Crippen molar-refractivity contribution in [3.8, 4) is 0 Å². The molecule has 0 saturated carbocycles. The largest absolute Gasteiger partial charge is 0.380 e. The fourth-order valence-electron chi connectivity index (χ4n) is 1.43. The van der Waals surface area contributed by atoms with Crippen molar-refractivity contribution >= 4 is 12.4 Å². The third-order valence-corrected chi connectivity index (χ3v) is 2.32. The lowest BCUT2D eigenvalue weighted by Crippen LogP contribution is -2.30. The number of hydrogen-bond acceptors (Lipinski definition) is 2. The first kappa shape index (κ1) is 16.4. The van der Waals surface area contributed by atoms with Crippen LogP contribution in [0.25, 0.3) is 0 Å². The Morgan fingerprint density at radius 1 is 1.06 bits per heavy atom. The summed E-state index contributed by atoms with van der Waals surface area (Å²) >= 11 is 0. The second-order valence-electron chi connectivity index (χ2n) is 4.70. The number of halogens is 1. The van der Waals surface area contributed by atoms with Gasteiger partial charge in [0.15, 0.2) is 0 Å². The maximum absolute atomic E-state index is 5.58. The lowest BCUT2D eigenvalue weighted by atomic mass is 10.2. The zero-order valence-electron chi connectivity index (χ0n) is 11.0. The number of rotatable bonds is 7. The van der Waals surface area contributed by atoms with E-state index in [9.17, 15) is 0 Å². The van der Waals surface area contributed by atoms with Gasteiger partial charge in [-0.05, 0) is 18.4 Å². The van der Waals surface area contributed by atoms with E-state index in [0.717, 1.165) is 19.8 Å². The van der Waals surface area contributed by atoms with Crippen LogP contribution in [0.5, 0.6) is 0 Å². The highest BCUT2D eigenvalue weighted by Gasteiger charge is 2.02. The Morgan fingerprint density at radius 3 is 2.29 bits per heavy atom. The summed E-state index contributed by atoms with van der Waals surface area (Å²) in [5, 5.41) is 3.45. The Bertz CT molecular complexity index is 277. The lowest BCUT2D eigenvalue weighted by Gasteiger charge is -2.15. The van der Waals surface area contributed by atoms with Crippen LogP contribution in [0.1, 0.15) is 26.3 Å². The van der Waals surface area contributed by atoms with Crippen LogP contribution in [0.4, 0.5) is 0 Å². The highest BCUT2D eigenvalue weighted by molar-refractivity contribution is 5.85. The van der Waals surface area contributed by atoms with Crippen LogP contribution in [0, 0.1) is 5.92 Å². The lowest BCUT2D eigenvalue weighted by molar-refractivity contribution is 0.0935. The molecule has 0 bridgehead atoms. The maximum Gasteiger partial charge on any atom is 0.0617 e. The quantitative estimate of drug-likeness (QED) is 0.810. The van der Waals surface area contributed by atoms with Crippen molar-refractivity contribution < 1.29 is 4.74 Å². The van der Waals surface area contributed by atoms with Crippen LogP contribution < -0.4 is 5.32 Å². The van der Waals surface area contributed by atoms with Crippen LogP contribution in [0.15, 0.2) is 30.3 Å². The van der Waals surface area contributed by atoms with Crippen molar-refractivity contribution in [2.24, 2.45) is 5.92 Å². The fourth-order valence-corrected chi connectivity index (χ4v) is 1.43. The molecule has 98 valence electrons. The van der Waals surface area contributed by atoms with Gasteiger partial charge in [0.1, 0.15) is 0 Å². The van der Waals surface area contributed by atoms with Gasteiger partial charge in [-0.3, -0.25) is 0 Å². The smallest absolute Gasteiger partial charge is 0.0617 e. The van der Waals surface area contributed by atoms with Crippen LogP contribution in [-0.4, -0.2) is 19.3 Å². The molecule has 1 N–H and O–H groups in total. The molecule has 1 atom stereocenters. The SMILES string of the molecule is CC(C)COCC(C)NCc1ccccc1.Cl. The number of benzene rings is 1. The predicted octanol–water partition coefficient (Wildman–Crippen LogP) is 3.26. The van der Waals surface area contributed by atoms with Crippen molar-refractivity contribution in [1.29, 1.82) is 0 Å². The molecule has 0 amide bonds. The van der Waals surface area contributed by atoms with E-state index < -0.39 is 0 Å². The average molecular weight is 258 g/mol. The topological polar surface area (TPSA) is 21.3 Å². The van der Waals surface area contributed by atoms with E-state index in [1.54, 1.807) is 0 Å². The van der Waals surface area contributed by atoms with Crippen molar-refractivity contribution in [1.82, 2.24) is 5.32 Å². The van der Waals surface area contributed by atoms with Crippen molar-refractivity contribution in [3.05, 3.63) is 35.9 Å². The minimum atomic E-state index is 0. The second-order valence-corrected chi connectivity index (χ2v) is 4.70. The van der Waals surface area contributed by atoms with E-state index in [-0.39, 0.29) is 12.4 Å². The summed E-state index contributed by atoms with van der Waals surface area (Å²) in [4.78, 5) is 0. The average Bonchev–Trinajstić information content (AvgIpc) is 2.27. The molecule has 0 heterocycles. The first-order chi connectivity index (χ1) is 7.68. The Balaban J connectivity index is 0.00000256. The molecule has 0 aliphatic carbocycles. The Morgan fingerprint density at radius 2 is 1.71 bits per heavy atom. The number of ether oxygens (including phenoxy) is 1. The van der Waals surface area contributed by atoms with Crippen LogP contribution in [0.2, 0.25) is 0 Å². The van der Waals surface area contributed by atoms with E-state index >= 15 is 0 Å². The number of hydrogen-bond donors (Lipinski definition) is 1. The molecule has 1 aromatic carbocycles. The van der Waals surface area contributed by atoms with E-state index in [2.05, 4.69) is 50.4 Å². The van der Waals surface area contributed by atoms with Gasteiger partial charge in [0.05, 0.1) is 6.61 Å². The van der Waals surface area contributed by atoms with E-state index in [0.29, 0.717) is 12.0 Å². The van der Waals surface area contributed by atoms with Gasteiger partial charge in [0.2, 0.25) is 0 Å². The van der Waals surface area contributed by atoms with Crippen LogP contribution in [0.3, 0.4) is 0 Å². The van der Waals surface area contributed by atoms with Gasteiger partial charge in [-0.1, -0.05) is 44.2 Å². The fraction of sp³-hybridized carbons (Fsp3) is 0.571. The number of nitrogens with one attached hydrogen (secondary N) is 1.